The smallest absolute Gasteiger partial charge is 0.107 e. The van der Waals surface area contributed by atoms with E-state index < -0.39 is 0 Å². The van der Waals surface area contributed by atoms with E-state index in [1.165, 1.54) is 16.8 Å². The molecule has 1 fully saturated rings. The van der Waals surface area contributed by atoms with Gasteiger partial charge in [0.25, 0.3) is 0 Å². The standard InChI is InChI=1S/C16H23NO/c1-6-12-10-17-15(14(12)7-2)8-13-9-16(4,5)11(3)18-13/h8,10,17H,3,6-7,9H2,1-2,4-5H3/b13-8+. The van der Waals surface area contributed by atoms with Gasteiger partial charge in [-0.05, 0) is 24.0 Å². The molecule has 0 bridgehead atoms. The van der Waals surface area contributed by atoms with Crippen molar-refractivity contribution in [3.8, 4) is 0 Å². The number of ether oxygens (including phenoxy) is 1. The maximum absolute atomic E-state index is 5.77. The molecule has 1 aliphatic rings. The van der Waals surface area contributed by atoms with Gasteiger partial charge in [-0.1, -0.05) is 34.3 Å². The van der Waals surface area contributed by atoms with Crippen LogP contribution in [0.3, 0.4) is 0 Å². The molecule has 0 aliphatic carbocycles. The van der Waals surface area contributed by atoms with E-state index >= 15 is 0 Å². The third-order valence-corrected chi connectivity index (χ3v) is 3.78. The zero-order valence-corrected chi connectivity index (χ0v) is 11.9. The maximum Gasteiger partial charge on any atom is 0.107 e. The van der Waals surface area contributed by atoms with Crippen LogP contribution < -0.4 is 0 Å². The molecule has 2 rings (SSSR count). The van der Waals surface area contributed by atoms with Crippen molar-refractivity contribution in [3.05, 3.63) is 41.1 Å². The molecular formula is C16H23NO. The molecule has 98 valence electrons. The van der Waals surface area contributed by atoms with Gasteiger partial charge in [0.05, 0.1) is 0 Å². The van der Waals surface area contributed by atoms with Gasteiger partial charge < -0.3 is 9.72 Å². The van der Waals surface area contributed by atoms with Crippen LogP contribution in [-0.2, 0) is 17.6 Å². The van der Waals surface area contributed by atoms with E-state index in [0.29, 0.717) is 0 Å². The molecule has 0 radical (unpaired) electrons. The summed E-state index contributed by atoms with van der Waals surface area (Å²) >= 11 is 0. The number of aromatic nitrogens is 1. The number of H-pyrrole nitrogens is 1. The SMILES string of the molecule is C=C1O/C(=C/c2[nH]cc(CC)c2CC)CC1(C)C. The topological polar surface area (TPSA) is 25.0 Å². The molecule has 2 heteroatoms. The van der Waals surface area contributed by atoms with Gasteiger partial charge in [0.15, 0.2) is 0 Å². The van der Waals surface area contributed by atoms with E-state index in [2.05, 4.69) is 51.5 Å². The molecule has 0 atom stereocenters. The Hall–Kier alpha value is -1.44. The largest absolute Gasteiger partial charge is 0.466 e. The molecular weight excluding hydrogens is 222 g/mol. The van der Waals surface area contributed by atoms with Crippen molar-refractivity contribution in [2.45, 2.75) is 47.0 Å². The van der Waals surface area contributed by atoms with Crippen LogP contribution in [-0.4, -0.2) is 4.98 Å². The summed E-state index contributed by atoms with van der Waals surface area (Å²) in [4.78, 5) is 3.36. The van der Waals surface area contributed by atoms with Gasteiger partial charge in [-0.25, -0.2) is 0 Å². The van der Waals surface area contributed by atoms with Gasteiger partial charge in [-0.2, -0.15) is 0 Å². The monoisotopic (exact) mass is 245 g/mol. The summed E-state index contributed by atoms with van der Waals surface area (Å²) in [6.07, 6.45) is 7.30. The first-order valence-electron chi connectivity index (χ1n) is 6.74. The number of hydrogen-bond acceptors (Lipinski definition) is 1. The van der Waals surface area contributed by atoms with Crippen LogP contribution in [0.2, 0.25) is 0 Å². The van der Waals surface area contributed by atoms with E-state index in [9.17, 15) is 0 Å². The van der Waals surface area contributed by atoms with Crippen molar-refractivity contribution >= 4 is 6.08 Å². The first kappa shape index (κ1) is 13.0. The Kier molecular flexibility index (Phi) is 3.38. The van der Waals surface area contributed by atoms with Crippen molar-refractivity contribution in [1.82, 2.24) is 4.98 Å². The molecule has 1 aliphatic heterocycles. The third-order valence-electron chi connectivity index (χ3n) is 3.78. The Labute approximate surface area is 110 Å². The summed E-state index contributed by atoms with van der Waals surface area (Å²) in [6, 6.07) is 0. The van der Waals surface area contributed by atoms with Crippen LogP contribution in [0.1, 0.15) is 50.9 Å². The zero-order chi connectivity index (χ0) is 13.3. The highest BCUT2D eigenvalue weighted by Gasteiger charge is 2.33. The van der Waals surface area contributed by atoms with Crippen molar-refractivity contribution in [3.63, 3.8) is 0 Å². The second-order valence-electron chi connectivity index (χ2n) is 5.61. The molecule has 0 aromatic carbocycles. The number of allylic oxidation sites excluding steroid dienone is 2. The highest BCUT2D eigenvalue weighted by atomic mass is 16.5. The highest BCUT2D eigenvalue weighted by molar-refractivity contribution is 5.55. The fourth-order valence-electron chi connectivity index (χ4n) is 2.48. The van der Waals surface area contributed by atoms with Gasteiger partial charge in [0.1, 0.15) is 11.5 Å². The molecule has 18 heavy (non-hydrogen) atoms. The Morgan fingerprint density at radius 1 is 1.39 bits per heavy atom. The van der Waals surface area contributed by atoms with Gasteiger partial charge in [0, 0.05) is 29.8 Å². The van der Waals surface area contributed by atoms with Crippen molar-refractivity contribution < 1.29 is 4.74 Å². The van der Waals surface area contributed by atoms with Crippen LogP contribution in [0, 0.1) is 5.41 Å². The Morgan fingerprint density at radius 3 is 2.61 bits per heavy atom. The van der Waals surface area contributed by atoms with E-state index in [0.717, 1.165) is 30.8 Å². The number of aryl methyl sites for hydroxylation is 1. The Morgan fingerprint density at radius 2 is 2.11 bits per heavy atom. The van der Waals surface area contributed by atoms with Gasteiger partial charge >= 0.3 is 0 Å². The molecule has 0 unspecified atom stereocenters. The minimum atomic E-state index is 0.0540. The van der Waals surface area contributed by atoms with E-state index in [-0.39, 0.29) is 5.41 Å². The summed E-state index contributed by atoms with van der Waals surface area (Å²) in [6.45, 7) is 12.7. The molecule has 1 N–H and O–H groups in total. The average Bonchev–Trinajstić information content (AvgIpc) is 2.80. The number of nitrogens with one attached hydrogen (secondary N) is 1. The second kappa shape index (κ2) is 4.68. The summed E-state index contributed by atoms with van der Waals surface area (Å²) in [5.74, 6) is 1.89. The third kappa shape index (κ3) is 2.24. The molecule has 1 aromatic heterocycles. The molecule has 0 saturated carbocycles. The molecule has 0 spiro atoms. The number of rotatable bonds is 3. The summed E-state index contributed by atoms with van der Waals surface area (Å²) < 4.78 is 5.77. The van der Waals surface area contributed by atoms with Crippen LogP contribution in [0.5, 0.6) is 0 Å². The van der Waals surface area contributed by atoms with Gasteiger partial charge in [0.2, 0.25) is 0 Å². The van der Waals surface area contributed by atoms with Crippen LogP contribution in [0.25, 0.3) is 6.08 Å². The molecule has 1 saturated heterocycles. The minimum Gasteiger partial charge on any atom is -0.466 e. The Balaban J connectivity index is 2.30. The van der Waals surface area contributed by atoms with E-state index in [1.54, 1.807) is 0 Å². The van der Waals surface area contributed by atoms with Gasteiger partial charge in [-0.3, -0.25) is 0 Å². The Bertz CT molecular complexity index is 491. The predicted molar refractivity (Wildman–Crippen MR) is 76.1 cm³/mol. The first-order valence-corrected chi connectivity index (χ1v) is 6.74. The first-order chi connectivity index (χ1) is 8.47. The van der Waals surface area contributed by atoms with Crippen LogP contribution in [0.4, 0.5) is 0 Å². The summed E-state index contributed by atoms with van der Waals surface area (Å²) in [7, 11) is 0. The quantitative estimate of drug-likeness (QED) is 0.836. The predicted octanol–water partition coefficient (Wildman–Crippen LogP) is 4.44. The fraction of sp³-hybridized carbons (Fsp3) is 0.500. The molecule has 1 aromatic rings. The minimum absolute atomic E-state index is 0.0540. The highest BCUT2D eigenvalue weighted by Crippen LogP contribution is 2.42. The molecule has 2 nitrogen and oxygen atoms in total. The van der Waals surface area contributed by atoms with Crippen molar-refractivity contribution in [2.75, 3.05) is 0 Å². The van der Waals surface area contributed by atoms with E-state index in [1.807, 2.05) is 0 Å². The number of aromatic amines is 1. The lowest BCUT2D eigenvalue weighted by Crippen LogP contribution is -2.05. The second-order valence-corrected chi connectivity index (χ2v) is 5.61. The normalized spacial score (nSPS) is 20.4. The lowest BCUT2D eigenvalue weighted by atomic mass is 9.89. The number of hydrogen-bond donors (Lipinski definition) is 1. The molecule has 2 heterocycles. The van der Waals surface area contributed by atoms with Crippen molar-refractivity contribution in [2.24, 2.45) is 5.41 Å². The fourth-order valence-corrected chi connectivity index (χ4v) is 2.48. The molecule has 0 amide bonds. The van der Waals surface area contributed by atoms with Crippen LogP contribution >= 0.6 is 0 Å². The van der Waals surface area contributed by atoms with Crippen LogP contribution in [0.15, 0.2) is 24.3 Å². The lowest BCUT2D eigenvalue weighted by Gasteiger charge is -2.12. The lowest BCUT2D eigenvalue weighted by molar-refractivity contribution is 0.308. The van der Waals surface area contributed by atoms with Gasteiger partial charge in [-0.15, -0.1) is 0 Å². The van der Waals surface area contributed by atoms with Crippen molar-refractivity contribution in [1.29, 1.82) is 0 Å². The zero-order valence-electron chi connectivity index (χ0n) is 11.9. The summed E-state index contributed by atoms with van der Waals surface area (Å²) in [5, 5.41) is 0. The summed E-state index contributed by atoms with van der Waals surface area (Å²) in [5.41, 5.74) is 4.05. The average molecular weight is 245 g/mol. The van der Waals surface area contributed by atoms with E-state index in [4.69, 9.17) is 4.74 Å². The maximum atomic E-state index is 5.77.